The highest BCUT2D eigenvalue weighted by molar-refractivity contribution is 7.11. The number of thiazole rings is 1. The first-order valence-electron chi connectivity index (χ1n) is 6.55. The number of para-hydroxylation sites is 1. The summed E-state index contributed by atoms with van der Waals surface area (Å²) in [4.78, 5) is 5.63. The van der Waals surface area contributed by atoms with E-state index in [4.69, 9.17) is 4.74 Å². The van der Waals surface area contributed by atoms with Crippen LogP contribution in [-0.4, -0.2) is 10.1 Å². The second-order valence-electron chi connectivity index (χ2n) is 4.90. The minimum absolute atomic E-state index is 0.0911. The molecule has 3 rings (SSSR count). The highest BCUT2D eigenvalue weighted by atomic mass is 32.1. The first kappa shape index (κ1) is 12.6. The van der Waals surface area contributed by atoms with Gasteiger partial charge in [0.05, 0.1) is 17.2 Å². The van der Waals surface area contributed by atoms with Crippen molar-refractivity contribution < 1.29 is 9.84 Å². The lowest BCUT2D eigenvalue weighted by molar-refractivity contribution is 0.284. The normalized spacial score (nSPS) is 14.6. The van der Waals surface area contributed by atoms with Gasteiger partial charge in [-0.3, -0.25) is 0 Å². The summed E-state index contributed by atoms with van der Waals surface area (Å²) in [5.41, 5.74) is 2.22. The van der Waals surface area contributed by atoms with Gasteiger partial charge in [-0.1, -0.05) is 18.2 Å². The van der Waals surface area contributed by atoms with Crippen LogP contribution in [0.2, 0.25) is 0 Å². The Hall–Kier alpha value is -1.39. The minimum Gasteiger partial charge on any atom is -0.486 e. The molecular weight excluding hydrogens is 258 g/mol. The summed E-state index contributed by atoms with van der Waals surface area (Å²) in [6.45, 7) is 2.61. The van der Waals surface area contributed by atoms with Crippen LogP contribution in [0.15, 0.2) is 24.3 Å². The van der Waals surface area contributed by atoms with E-state index in [0.717, 1.165) is 26.9 Å². The minimum atomic E-state index is 0.0911. The van der Waals surface area contributed by atoms with E-state index in [0.29, 0.717) is 12.5 Å². The Morgan fingerprint density at radius 2 is 2.16 bits per heavy atom. The van der Waals surface area contributed by atoms with Gasteiger partial charge in [-0.15, -0.1) is 11.3 Å². The van der Waals surface area contributed by atoms with E-state index in [1.54, 1.807) is 11.3 Å². The topological polar surface area (TPSA) is 42.4 Å². The van der Waals surface area contributed by atoms with Gasteiger partial charge in [-0.2, -0.15) is 0 Å². The quantitative estimate of drug-likeness (QED) is 0.909. The van der Waals surface area contributed by atoms with E-state index < -0.39 is 0 Å². The van der Waals surface area contributed by atoms with Crippen LogP contribution >= 0.6 is 11.3 Å². The van der Waals surface area contributed by atoms with Crippen molar-refractivity contribution in [3.8, 4) is 5.75 Å². The van der Waals surface area contributed by atoms with Crippen molar-refractivity contribution in [3.63, 3.8) is 0 Å². The number of hydrogen-bond acceptors (Lipinski definition) is 4. The SMILES string of the molecule is Cc1ccccc1OCc1nc(C2CC2)c(CO)s1. The van der Waals surface area contributed by atoms with E-state index in [1.165, 1.54) is 12.8 Å². The lowest BCUT2D eigenvalue weighted by Crippen LogP contribution is -1.96. The number of aryl methyl sites for hydroxylation is 1. The molecule has 0 atom stereocenters. The number of rotatable bonds is 5. The molecule has 1 saturated carbocycles. The monoisotopic (exact) mass is 275 g/mol. The van der Waals surface area contributed by atoms with Gasteiger partial charge in [0.15, 0.2) is 0 Å². The number of hydrogen-bond donors (Lipinski definition) is 1. The van der Waals surface area contributed by atoms with Gasteiger partial charge in [-0.25, -0.2) is 4.98 Å². The summed E-state index contributed by atoms with van der Waals surface area (Å²) < 4.78 is 5.80. The lowest BCUT2D eigenvalue weighted by Gasteiger charge is -2.06. The molecule has 1 aliphatic carbocycles. The Balaban J connectivity index is 1.71. The average molecular weight is 275 g/mol. The third-order valence-electron chi connectivity index (χ3n) is 3.32. The number of aliphatic hydroxyl groups is 1. The Kier molecular flexibility index (Phi) is 3.53. The number of aromatic nitrogens is 1. The highest BCUT2D eigenvalue weighted by Gasteiger charge is 2.29. The van der Waals surface area contributed by atoms with Crippen molar-refractivity contribution in [3.05, 3.63) is 45.4 Å². The number of aliphatic hydroxyl groups excluding tert-OH is 1. The molecule has 1 aliphatic rings. The zero-order valence-corrected chi connectivity index (χ0v) is 11.7. The van der Waals surface area contributed by atoms with Crippen LogP contribution in [0, 0.1) is 6.92 Å². The standard InChI is InChI=1S/C15H17NO2S/c1-10-4-2-3-5-12(10)18-9-14-16-15(11-6-7-11)13(8-17)19-14/h2-5,11,17H,6-9H2,1H3. The fourth-order valence-electron chi connectivity index (χ4n) is 2.12. The summed E-state index contributed by atoms with van der Waals surface area (Å²) in [5.74, 6) is 1.47. The van der Waals surface area contributed by atoms with Gasteiger partial charge in [0, 0.05) is 5.92 Å². The van der Waals surface area contributed by atoms with E-state index in [2.05, 4.69) is 4.98 Å². The summed E-state index contributed by atoms with van der Waals surface area (Å²) >= 11 is 1.57. The van der Waals surface area contributed by atoms with Crippen molar-refractivity contribution in [1.82, 2.24) is 4.98 Å². The Morgan fingerprint density at radius 3 is 2.84 bits per heavy atom. The molecule has 2 aromatic rings. The largest absolute Gasteiger partial charge is 0.486 e. The average Bonchev–Trinajstić information content (AvgIpc) is 3.18. The summed E-state index contributed by atoms with van der Waals surface area (Å²) in [6.07, 6.45) is 2.41. The van der Waals surface area contributed by atoms with Crippen molar-refractivity contribution in [2.45, 2.75) is 38.9 Å². The summed E-state index contributed by atoms with van der Waals surface area (Å²) in [6, 6.07) is 7.98. The molecule has 100 valence electrons. The van der Waals surface area contributed by atoms with Gasteiger partial charge >= 0.3 is 0 Å². The molecule has 0 amide bonds. The van der Waals surface area contributed by atoms with Crippen molar-refractivity contribution in [2.24, 2.45) is 0 Å². The predicted octanol–water partition coefficient (Wildman–Crippen LogP) is 3.40. The smallest absolute Gasteiger partial charge is 0.140 e. The van der Waals surface area contributed by atoms with E-state index in [1.807, 2.05) is 31.2 Å². The summed E-state index contributed by atoms with van der Waals surface area (Å²) in [7, 11) is 0. The van der Waals surface area contributed by atoms with Crippen LogP contribution in [0.3, 0.4) is 0 Å². The molecule has 3 nitrogen and oxygen atoms in total. The Bertz CT molecular complexity index is 575. The third-order valence-corrected chi connectivity index (χ3v) is 4.35. The number of ether oxygens (including phenoxy) is 1. The zero-order chi connectivity index (χ0) is 13.2. The van der Waals surface area contributed by atoms with E-state index >= 15 is 0 Å². The molecule has 1 heterocycles. The fraction of sp³-hybridized carbons (Fsp3) is 0.400. The highest BCUT2D eigenvalue weighted by Crippen LogP contribution is 2.42. The first-order valence-corrected chi connectivity index (χ1v) is 7.37. The maximum absolute atomic E-state index is 9.37. The molecule has 0 bridgehead atoms. The molecule has 1 aromatic heterocycles. The van der Waals surface area contributed by atoms with Crippen LogP contribution in [0.1, 0.15) is 39.9 Å². The van der Waals surface area contributed by atoms with Crippen LogP contribution in [0.5, 0.6) is 5.75 Å². The molecule has 0 radical (unpaired) electrons. The maximum Gasteiger partial charge on any atom is 0.140 e. The number of benzene rings is 1. The van der Waals surface area contributed by atoms with Gasteiger partial charge in [0.1, 0.15) is 17.4 Å². The molecule has 0 spiro atoms. The second-order valence-corrected chi connectivity index (χ2v) is 6.07. The molecule has 19 heavy (non-hydrogen) atoms. The predicted molar refractivity (Wildman–Crippen MR) is 75.5 cm³/mol. The first-order chi connectivity index (χ1) is 9.28. The van der Waals surface area contributed by atoms with Crippen molar-refractivity contribution >= 4 is 11.3 Å². The zero-order valence-electron chi connectivity index (χ0n) is 10.9. The molecule has 1 N–H and O–H groups in total. The molecule has 0 saturated heterocycles. The third kappa shape index (κ3) is 2.80. The lowest BCUT2D eigenvalue weighted by atomic mass is 10.2. The fourth-order valence-corrected chi connectivity index (χ4v) is 3.05. The van der Waals surface area contributed by atoms with E-state index in [9.17, 15) is 5.11 Å². The molecule has 0 aliphatic heterocycles. The van der Waals surface area contributed by atoms with E-state index in [-0.39, 0.29) is 6.61 Å². The maximum atomic E-state index is 9.37. The van der Waals surface area contributed by atoms with Crippen molar-refractivity contribution in [2.75, 3.05) is 0 Å². The van der Waals surface area contributed by atoms with Crippen LogP contribution in [0.4, 0.5) is 0 Å². The molecule has 4 heteroatoms. The number of nitrogens with zero attached hydrogens (tertiary/aromatic N) is 1. The molecule has 1 aromatic carbocycles. The van der Waals surface area contributed by atoms with Crippen molar-refractivity contribution in [1.29, 1.82) is 0 Å². The van der Waals surface area contributed by atoms with Gasteiger partial charge in [0.25, 0.3) is 0 Å². The Morgan fingerprint density at radius 1 is 1.37 bits per heavy atom. The van der Waals surface area contributed by atoms with Crippen LogP contribution in [-0.2, 0) is 13.2 Å². The van der Waals surface area contributed by atoms with Gasteiger partial charge < -0.3 is 9.84 Å². The molecule has 0 unspecified atom stereocenters. The van der Waals surface area contributed by atoms with Gasteiger partial charge in [-0.05, 0) is 31.4 Å². The summed E-state index contributed by atoms with van der Waals surface area (Å²) in [5, 5.41) is 10.3. The van der Waals surface area contributed by atoms with Gasteiger partial charge in [0.2, 0.25) is 0 Å². The second kappa shape index (κ2) is 5.31. The molecular formula is C15H17NO2S. The molecule has 1 fully saturated rings. The van der Waals surface area contributed by atoms with Crippen LogP contribution < -0.4 is 4.74 Å². The van der Waals surface area contributed by atoms with Crippen LogP contribution in [0.25, 0.3) is 0 Å². The Labute approximate surface area is 116 Å².